The van der Waals surface area contributed by atoms with Crippen LogP contribution in [0.3, 0.4) is 0 Å². The highest BCUT2D eigenvalue weighted by Crippen LogP contribution is 2.06. The van der Waals surface area contributed by atoms with E-state index in [1.54, 1.807) is 4.90 Å². The molecule has 0 bridgehead atoms. The Hall–Kier alpha value is -1.59. The van der Waals surface area contributed by atoms with E-state index in [0.717, 1.165) is 45.1 Å². The number of benzene rings is 1. The lowest BCUT2D eigenvalue weighted by Crippen LogP contribution is -3.30. The molecular formula is C17H29N3O2+2. The van der Waals surface area contributed by atoms with E-state index in [-0.39, 0.29) is 11.9 Å². The van der Waals surface area contributed by atoms with Gasteiger partial charge in [0.2, 0.25) is 0 Å². The molecule has 5 nitrogen and oxygen atoms in total. The fourth-order valence-corrected chi connectivity index (χ4v) is 2.95. The van der Waals surface area contributed by atoms with Crippen LogP contribution in [0.25, 0.3) is 0 Å². The predicted molar refractivity (Wildman–Crippen MR) is 86.3 cm³/mol. The van der Waals surface area contributed by atoms with Gasteiger partial charge in [-0.05, 0) is 26.0 Å². The van der Waals surface area contributed by atoms with Crippen LogP contribution in [0, 0.1) is 0 Å². The molecule has 1 fully saturated rings. The van der Waals surface area contributed by atoms with Crippen LogP contribution in [-0.2, 0) is 4.79 Å². The number of likely N-dealkylation sites (N-methyl/N-ethyl adjacent to an activating group) is 1. The van der Waals surface area contributed by atoms with Crippen LogP contribution in [-0.4, -0.2) is 57.8 Å². The van der Waals surface area contributed by atoms with Crippen LogP contribution in [0.1, 0.15) is 13.8 Å². The Morgan fingerprint density at radius 3 is 2.55 bits per heavy atom. The molecule has 0 radical (unpaired) electrons. The Kier molecular flexibility index (Phi) is 6.68. The number of hydrogen-bond donors (Lipinski definition) is 3. The standard InChI is InChI=1S/C17H27N3O2/c1-3-18-17(21)15(2)20-11-9-19(10-12-20)13-14-22-16-7-5-4-6-8-16/h4-8,15H,3,9-14H2,1-2H3,(H,18,21)/p+2/t15-/m1/s1. The summed E-state index contributed by atoms with van der Waals surface area (Å²) in [6, 6.07) is 10.0. The summed E-state index contributed by atoms with van der Waals surface area (Å²) in [4.78, 5) is 14.9. The summed E-state index contributed by atoms with van der Waals surface area (Å²) < 4.78 is 5.76. The molecule has 1 atom stereocenters. The lowest BCUT2D eigenvalue weighted by atomic mass is 10.2. The van der Waals surface area contributed by atoms with E-state index in [0.29, 0.717) is 6.54 Å². The van der Waals surface area contributed by atoms with Crippen molar-refractivity contribution in [2.45, 2.75) is 19.9 Å². The van der Waals surface area contributed by atoms with Crippen LogP contribution >= 0.6 is 0 Å². The van der Waals surface area contributed by atoms with Crippen molar-refractivity contribution < 1.29 is 19.3 Å². The summed E-state index contributed by atoms with van der Waals surface area (Å²) in [7, 11) is 0. The first-order valence-corrected chi connectivity index (χ1v) is 8.34. The van der Waals surface area contributed by atoms with Gasteiger partial charge in [-0.3, -0.25) is 4.79 Å². The van der Waals surface area contributed by atoms with Crippen LogP contribution in [0.15, 0.2) is 30.3 Å². The number of quaternary nitrogens is 2. The maximum absolute atomic E-state index is 11.9. The number of para-hydroxylation sites is 1. The highest BCUT2D eigenvalue weighted by Gasteiger charge is 2.30. The zero-order valence-electron chi connectivity index (χ0n) is 13.7. The molecule has 0 spiro atoms. The lowest BCUT2D eigenvalue weighted by Gasteiger charge is -2.32. The van der Waals surface area contributed by atoms with Gasteiger partial charge < -0.3 is 19.9 Å². The molecule has 0 aromatic heterocycles. The first-order chi connectivity index (χ1) is 10.7. The number of nitrogens with one attached hydrogen (secondary N) is 3. The molecule has 2 rings (SSSR count). The highest BCUT2D eigenvalue weighted by atomic mass is 16.5. The van der Waals surface area contributed by atoms with Crippen molar-refractivity contribution in [2.24, 2.45) is 0 Å². The van der Waals surface area contributed by atoms with Crippen molar-refractivity contribution >= 4 is 5.91 Å². The Bertz CT molecular complexity index is 444. The van der Waals surface area contributed by atoms with E-state index < -0.39 is 0 Å². The van der Waals surface area contributed by atoms with Gasteiger partial charge in [-0.2, -0.15) is 0 Å². The minimum absolute atomic E-state index is 0.0575. The van der Waals surface area contributed by atoms with E-state index in [2.05, 4.69) is 5.32 Å². The van der Waals surface area contributed by atoms with Gasteiger partial charge in [-0.25, -0.2) is 0 Å². The predicted octanol–water partition coefficient (Wildman–Crippen LogP) is -1.63. The molecule has 0 aliphatic carbocycles. The molecule has 1 aromatic rings. The zero-order chi connectivity index (χ0) is 15.8. The van der Waals surface area contributed by atoms with Gasteiger partial charge >= 0.3 is 0 Å². The van der Waals surface area contributed by atoms with Gasteiger partial charge in [0.05, 0.1) is 0 Å². The maximum Gasteiger partial charge on any atom is 0.278 e. The molecule has 122 valence electrons. The number of carbonyl (C=O) groups is 1. The van der Waals surface area contributed by atoms with E-state index in [1.165, 1.54) is 4.90 Å². The molecule has 1 heterocycles. The highest BCUT2D eigenvalue weighted by molar-refractivity contribution is 5.79. The summed E-state index contributed by atoms with van der Waals surface area (Å²) in [5.74, 6) is 1.12. The van der Waals surface area contributed by atoms with Gasteiger partial charge in [-0.1, -0.05) is 18.2 Å². The molecule has 1 aliphatic rings. The molecule has 1 amide bonds. The monoisotopic (exact) mass is 307 g/mol. The Morgan fingerprint density at radius 2 is 1.91 bits per heavy atom. The van der Waals surface area contributed by atoms with Crippen molar-refractivity contribution in [1.82, 2.24) is 5.32 Å². The summed E-state index contributed by atoms with van der Waals surface area (Å²) >= 11 is 0. The van der Waals surface area contributed by atoms with Crippen molar-refractivity contribution in [3.05, 3.63) is 30.3 Å². The zero-order valence-corrected chi connectivity index (χ0v) is 13.7. The smallest absolute Gasteiger partial charge is 0.278 e. The van der Waals surface area contributed by atoms with Gasteiger partial charge in [0.25, 0.3) is 5.91 Å². The second kappa shape index (κ2) is 8.76. The van der Waals surface area contributed by atoms with Crippen LogP contribution in [0.2, 0.25) is 0 Å². The van der Waals surface area contributed by atoms with Crippen LogP contribution < -0.4 is 19.9 Å². The molecule has 5 heteroatoms. The Labute approximate surface area is 133 Å². The van der Waals surface area contributed by atoms with E-state index in [4.69, 9.17) is 4.74 Å². The quantitative estimate of drug-likeness (QED) is 0.567. The van der Waals surface area contributed by atoms with Crippen molar-refractivity contribution in [1.29, 1.82) is 0 Å². The molecule has 0 unspecified atom stereocenters. The average molecular weight is 307 g/mol. The number of rotatable bonds is 7. The maximum atomic E-state index is 11.9. The van der Waals surface area contributed by atoms with Gasteiger partial charge in [0.1, 0.15) is 45.1 Å². The van der Waals surface area contributed by atoms with Crippen LogP contribution in [0.5, 0.6) is 5.75 Å². The molecule has 1 saturated heterocycles. The summed E-state index contributed by atoms with van der Waals surface area (Å²) in [6.07, 6.45) is 0. The Balaban J connectivity index is 1.65. The second-order valence-electron chi connectivity index (χ2n) is 5.94. The van der Waals surface area contributed by atoms with Crippen LogP contribution in [0.4, 0.5) is 0 Å². The fraction of sp³-hybridized carbons (Fsp3) is 0.588. The summed E-state index contributed by atoms with van der Waals surface area (Å²) in [5.41, 5.74) is 0. The van der Waals surface area contributed by atoms with E-state index >= 15 is 0 Å². The molecule has 0 saturated carbocycles. The number of ether oxygens (including phenoxy) is 1. The minimum Gasteiger partial charge on any atom is -0.488 e. The first-order valence-electron chi connectivity index (χ1n) is 8.34. The summed E-state index contributed by atoms with van der Waals surface area (Å²) in [5, 5.41) is 2.92. The van der Waals surface area contributed by atoms with Crippen molar-refractivity contribution in [3.8, 4) is 5.75 Å². The number of hydrogen-bond acceptors (Lipinski definition) is 2. The topological polar surface area (TPSA) is 47.2 Å². The fourth-order valence-electron chi connectivity index (χ4n) is 2.95. The van der Waals surface area contributed by atoms with Crippen molar-refractivity contribution in [2.75, 3.05) is 45.9 Å². The van der Waals surface area contributed by atoms with Gasteiger partial charge in [-0.15, -0.1) is 0 Å². The molecule has 22 heavy (non-hydrogen) atoms. The number of carbonyl (C=O) groups excluding carboxylic acids is 1. The normalized spacial score (nSPS) is 22.8. The van der Waals surface area contributed by atoms with Crippen molar-refractivity contribution in [3.63, 3.8) is 0 Å². The SMILES string of the molecule is CCNC(=O)[C@@H](C)[NH+]1CC[NH+](CCOc2ccccc2)CC1. The summed E-state index contributed by atoms with van der Waals surface area (Å²) in [6.45, 7) is 10.8. The molecule has 3 N–H and O–H groups in total. The third-order valence-corrected chi connectivity index (χ3v) is 4.42. The average Bonchev–Trinajstić information content (AvgIpc) is 2.56. The first kappa shape index (κ1) is 16.8. The largest absolute Gasteiger partial charge is 0.488 e. The second-order valence-corrected chi connectivity index (χ2v) is 5.94. The van der Waals surface area contributed by atoms with Gasteiger partial charge in [0.15, 0.2) is 6.04 Å². The van der Waals surface area contributed by atoms with Gasteiger partial charge in [0, 0.05) is 6.54 Å². The third kappa shape index (κ3) is 5.00. The molecule has 1 aliphatic heterocycles. The number of piperazine rings is 1. The lowest BCUT2D eigenvalue weighted by molar-refractivity contribution is -1.02. The van der Waals surface area contributed by atoms with E-state index in [9.17, 15) is 4.79 Å². The van der Waals surface area contributed by atoms with E-state index in [1.807, 2.05) is 44.2 Å². The third-order valence-electron chi connectivity index (χ3n) is 4.42. The number of amides is 1. The molecule has 1 aromatic carbocycles. The minimum atomic E-state index is 0.0575. The molecular weight excluding hydrogens is 278 g/mol. The Morgan fingerprint density at radius 1 is 1.23 bits per heavy atom.